The van der Waals surface area contributed by atoms with Crippen LogP contribution in [0.1, 0.15) is 5.56 Å². The van der Waals surface area contributed by atoms with Crippen molar-refractivity contribution in [2.45, 2.75) is 12.5 Å². The van der Waals surface area contributed by atoms with Crippen molar-refractivity contribution < 1.29 is 25.2 Å². The Morgan fingerprint density at radius 3 is 2.57 bits per heavy atom. The highest BCUT2D eigenvalue weighted by Gasteiger charge is 2.16. The summed E-state index contributed by atoms with van der Waals surface area (Å²) in [6, 6.07) is 4.16. The quantitative estimate of drug-likeness (QED) is 0.516. The van der Waals surface area contributed by atoms with Crippen molar-refractivity contribution >= 4 is 5.97 Å². The molecular formula is C9H10O5. The maximum atomic E-state index is 10.3. The molecule has 0 fully saturated rings. The van der Waals surface area contributed by atoms with Gasteiger partial charge < -0.3 is 20.4 Å². The van der Waals surface area contributed by atoms with E-state index in [0.717, 1.165) is 0 Å². The Morgan fingerprint density at radius 2 is 2.00 bits per heavy atom. The van der Waals surface area contributed by atoms with E-state index in [1.807, 2.05) is 0 Å². The highest BCUT2D eigenvalue weighted by Crippen LogP contribution is 2.28. The number of para-hydroxylation sites is 1. The number of phenolic OH excluding ortho intramolecular Hbond substituents is 2. The van der Waals surface area contributed by atoms with Crippen LogP contribution in [-0.2, 0) is 11.2 Å². The van der Waals surface area contributed by atoms with Gasteiger partial charge in [-0.15, -0.1) is 0 Å². The van der Waals surface area contributed by atoms with Crippen LogP contribution < -0.4 is 0 Å². The number of carboxylic acids is 1. The molecule has 1 atom stereocenters. The third kappa shape index (κ3) is 2.14. The van der Waals surface area contributed by atoms with E-state index in [2.05, 4.69) is 0 Å². The van der Waals surface area contributed by atoms with Gasteiger partial charge in [0.1, 0.15) is 0 Å². The van der Waals surface area contributed by atoms with Gasteiger partial charge in [-0.1, -0.05) is 12.1 Å². The van der Waals surface area contributed by atoms with Crippen LogP contribution in [0.25, 0.3) is 0 Å². The van der Waals surface area contributed by atoms with Crippen LogP contribution in [0.15, 0.2) is 18.2 Å². The lowest BCUT2D eigenvalue weighted by molar-refractivity contribution is -0.146. The maximum Gasteiger partial charge on any atom is 0.332 e. The molecule has 1 aromatic carbocycles. The average molecular weight is 198 g/mol. The second-order valence-electron chi connectivity index (χ2n) is 2.84. The van der Waals surface area contributed by atoms with Crippen molar-refractivity contribution in [3.63, 3.8) is 0 Å². The number of carboxylic acid groups (broad SMARTS) is 1. The third-order valence-corrected chi connectivity index (χ3v) is 1.80. The number of aromatic hydroxyl groups is 2. The summed E-state index contributed by atoms with van der Waals surface area (Å²) in [5.74, 6) is -2.10. The summed E-state index contributed by atoms with van der Waals surface area (Å²) in [6.07, 6.45) is -1.82. The second-order valence-corrected chi connectivity index (χ2v) is 2.84. The number of hydrogen-bond donors (Lipinski definition) is 4. The van der Waals surface area contributed by atoms with Gasteiger partial charge in [0.25, 0.3) is 0 Å². The Labute approximate surface area is 79.9 Å². The van der Waals surface area contributed by atoms with Crippen molar-refractivity contribution in [3.05, 3.63) is 23.8 Å². The van der Waals surface area contributed by atoms with Gasteiger partial charge in [0.05, 0.1) is 0 Å². The van der Waals surface area contributed by atoms with Gasteiger partial charge in [-0.25, -0.2) is 4.79 Å². The molecule has 0 aliphatic carbocycles. The standard InChI is InChI=1S/C9H10O5/c10-6-3-1-2-5(8(6)12)4-7(11)9(13)14/h1-3,7,10-12H,4H2,(H,13,14). The minimum absolute atomic E-state index is 0.194. The lowest BCUT2D eigenvalue weighted by Gasteiger charge is -2.07. The fraction of sp³-hybridized carbons (Fsp3) is 0.222. The summed E-state index contributed by atoms with van der Waals surface area (Å²) in [7, 11) is 0. The number of rotatable bonds is 3. The summed E-state index contributed by atoms with van der Waals surface area (Å²) in [6.45, 7) is 0. The largest absolute Gasteiger partial charge is 0.504 e. The number of aliphatic hydroxyl groups is 1. The highest BCUT2D eigenvalue weighted by molar-refractivity contribution is 5.72. The van der Waals surface area contributed by atoms with Crippen LogP contribution in [0, 0.1) is 0 Å². The zero-order valence-electron chi connectivity index (χ0n) is 7.21. The van der Waals surface area contributed by atoms with E-state index in [4.69, 9.17) is 15.3 Å². The van der Waals surface area contributed by atoms with E-state index in [0.29, 0.717) is 0 Å². The first-order valence-electron chi connectivity index (χ1n) is 3.93. The van der Waals surface area contributed by atoms with Crippen LogP contribution in [0.4, 0.5) is 0 Å². The molecule has 0 aliphatic heterocycles. The molecule has 0 spiro atoms. The van der Waals surface area contributed by atoms with Gasteiger partial charge in [0, 0.05) is 12.0 Å². The summed E-state index contributed by atoms with van der Waals surface area (Å²) in [4.78, 5) is 10.3. The van der Waals surface area contributed by atoms with Gasteiger partial charge in [0.15, 0.2) is 17.6 Å². The first-order chi connectivity index (χ1) is 6.52. The van der Waals surface area contributed by atoms with E-state index >= 15 is 0 Å². The van der Waals surface area contributed by atoms with E-state index < -0.39 is 17.8 Å². The molecule has 76 valence electrons. The first-order valence-corrected chi connectivity index (χ1v) is 3.93. The third-order valence-electron chi connectivity index (χ3n) is 1.80. The molecule has 0 aliphatic rings. The van der Waals surface area contributed by atoms with E-state index in [1.54, 1.807) is 0 Å². The Morgan fingerprint density at radius 1 is 1.36 bits per heavy atom. The van der Waals surface area contributed by atoms with Gasteiger partial charge in [0.2, 0.25) is 0 Å². The SMILES string of the molecule is O=C(O)C(O)Cc1cccc(O)c1O. The van der Waals surface area contributed by atoms with Crippen LogP contribution in [0.2, 0.25) is 0 Å². The smallest absolute Gasteiger partial charge is 0.332 e. The average Bonchev–Trinajstić information content (AvgIpc) is 2.12. The molecule has 0 saturated carbocycles. The molecular weight excluding hydrogens is 188 g/mol. The summed E-state index contributed by atoms with van der Waals surface area (Å²) in [5.41, 5.74) is 0.194. The topological polar surface area (TPSA) is 98.0 Å². The first kappa shape index (κ1) is 10.3. The molecule has 0 saturated heterocycles. The molecule has 0 radical (unpaired) electrons. The van der Waals surface area contributed by atoms with Crippen molar-refractivity contribution in [2.75, 3.05) is 0 Å². The number of hydrogen-bond acceptors (Lipinski definition) is 4. The van der Waals surface area contributed by atoms with E-state index in [9.17, 15) is 9.90 Å². The van der Waals surface area contributed by atoms with E-state index in [-0.39, 0.29) is 17.7 Å². The van der Waals surface area contributed by atoms with Crippen molar-refractivity contribution in [2.24, 2.45) is 0 Å². The van der Waals surface area contributed by atoms with Crippen LogP contribution >= 0.6 is 0 Å². The summed E-state index contributed by atoms with van der Waals surface area (Å²) in [5, 5.41) is 35.8. The number of phenols is 2. The minimum Gasteiger partial charge on any atom is -0.504 e. The number of aliphatic hydroxyl groups excluding tert-OH is 1. The number of carbonyl (C=O) groups is 1. The number of aliphatic carboxylic acids is 1. The lowest BCUT2D eigenvalue weighted by Crippen LogP contribution is -2.21. The Kier molecular flexibility index (Phi) is 2.93. The zero-order valence-corrected chi connectivity index (χ0v) is 7.21. The fourth-order valence-electron chi connectivity index (χ4n) is 1.04. The molecule has 1 aromatic rings. The Balaban J connectivity index is 2.87. The predicted octanol–water partition coefficient (Wildman–Crippen LogP) is 0.0858. The van der Waals surface area contributed by atoms with Crippen molar-refractivity contribution in [3.8, 4) is 11.5 Å². The van der Waals surface area contributed by atoms with Gasteiger partial charge >= 0.3 is 5.97 Å². The van der Waals surface area contributed by atoms with Crippen molar-refractivity contribution in [1.82, 2.24) is 0 Å². The predicted molar refractivity (Wildman–Crippen MR) is 47.1 cm³/mol. The van der Waals surface area contributed by atoms with E-state index in [1.165, 1.54) is 18.2 Å². The highest BCUT2D eigenvalue weighted by atomic mass is 16.4. The summed E-state index contributed by atoms with van der Waals surface area (Å²) >= 11 is 0. The summed E-state index contributed by atoms with van der Waals surface area (Å²) < 4.78 is 0. The lowest BCUT2D eigenvalue weighted by atomic mass is 10.1. The normalized spacial score (nSPS) is 12.4. The minimum atomic E-state index is -1.58. The molecule has 1 unspecified atom stereocenters. The fourth-order valence-corrected chi connectivity index (χ4v) is 1.04. The van der Waals surface area contributed by atoms with Crippen molar-refractivity contribution in [1.29, 1.82) is 0 Å². The second kappa shape index (κ2) is 3.97. The Bertz CT molecular complexity index is 347. The molecule has 0 aromatic heterocycles. The maximum absolute atomic E-state index is 10.3. The molecule has 1 rings (SSSR count). The zero-order chi connectivity index (χ0) is 10.7. The molecule has 14 heavy (non-hydrogen) atoms. The van der Waals surface area contributed by atoms with Gasteiger partial charge in [-0.05, 0) is 6.07 Å². The van der Waals surface area contributed by atoms with Gasteiger partial charge in [-0.2, -0.15) is 0 Å². The molecule has 4 N–H and O–H groups in total. The Hall–Kier alpha value is -1.75. The van der Waals surface area contributed by atoms with Gasteiger partial charge in [-0.3, -0.25) is 0 Å². The molecule has 0 heterocycles. The van der Waals surface area contributed by atoms with Crippen LogP contribution in [0.5, 0.6) is 11.5 Å². The monoisotopic (exact) mass is 198 g/mol. The van der Waals surface area contributed by atoms with Crippen LogP contribution in [-0.4, -0.2) is 32.5 Å². The molecule has 5 nitrogen and oxygen atoms in total. The molecule has 0 bridgehead atoms. The van der Waals surface area contributed by atoms with Crippen LogP contribution in [0.3, 0.4) is 0 Å². The number of benzene rings is 1. The molecule has 0 amide bonds. The molecule has 5 heteroatoms.